The Morgan fingerprint density at radius 1 is 1.24 bits per heavy atom. The highest BCUT2D eigenvalue weighted by molar-refractivity contribution is 5.92. The predicted molar refractivity (Wildman–Crippen MR) is 72.4 cm³/mol. The molecule has 1 aromatic rings. The van der Waals surface area contributed by atoms with Gasteiger partial charge in [-0.15, -0.1) is 0 Å². The Balaban J connectivity index is 1.80. The number of carbonyl (C=O) groups excluding carboxylic acids is 2. The molecule has 2 rings (SSSR count). The van der Waals surface area contributed by atoms with Crippen LogP contribution in [0.25, 0.3) is 0 Å². The zero-order valence-electron chi connectivity index (χ0n) is 11.3. The van der Waals surface area contributed by atoms with Gasteiger partial charge in [-0.1, -0.05) is 12.2 Å². The molecule has 1 aliphatic rings. The largest absolute Gasteiger partial charge is 0.455 e. The molecule has 1 N–H and O–H groups in total. The Labute approximate surface area is 120 Å². The standard InChI is InChI=1S/C15H15F2NO3/c16-12-7-6-11(8-13(12)17)18-14(19)9-21-15(20)10-4-2-1-3-5-10/h1-2,6-8,10H,3-5,9H2,(H,18,19)/t10-/m1/s1. The summed E-state index contributed by atoms with van der Waals surface area (Å²) in [6, 6.07) is 3.00. The third-order valence-electron chi connectivity index (χ3n) is 3.15. The average molecular weight is 295 g/mol. The topological polar surface area (TPSA) is 55.4 Å². The third-order valence-corrected chi connectivity index (χ3v) is 3.15. The molecule has 0 saturated carbocycles. The van der Waals surface area contributed by atoms with Crippen LogP contribution in [0, 0.1) is 17.6 Å². The quantitative estimate of drug-likeness (QED) is 0.686. The second-order valence-electron chi connectivity index (χ2n) is 4.77. The summed E-state index contributed by atoms with van der Waals surface area (Å²) in [4.78, 5) is 23.3. The van der Waals surface area contributed by atoms with Crippen molar-refractivity contribution in [1.82, 2.24) is 0 Å². The van der Waals surface area contributed by atoms with Crippen LogP contribution in [0.1, 0.15) is 19.3 Å². The van der Waals surface area contributed by atoms with Crippen LogP contribution in [-0.4, -0.2) is 18.5 Å². The van der Waals surface area contributed by atoms with E-state index in [1.165, 1.54) is 6.07 Å². The fourth-order valence-electron chi connectivity index (χ4n) is 2.03. The van der Waals surface area contributed by atoms with Crippen molar-refractivity contribution in [1.29, 1.82) is 0 Å². The van der Waals surface area contributed by atoms with Crippen molar-refractivity contribution in [3.05, 3.63) is 42.0 Å². The molecule has 1 amide bonds. The first-order chi connectivity index (χ1) is 10.1. The number of benzene rings is 1. The highest BCUT2D eigenvalue weighted by atomic mass is 19.2. The minimum atomic E-state index is -1.06. The van der Waals surface area contributed by atoms with Crippen LogP contribution in [0.15, 0.2) is 30.4 Å². The molecule has 21 heavy (non-hydrogen) atoms. The Morgan fingerprint density at radius 3 is 2.71 bits per heavy atom. The first-order valence-electron chi connectivity index (χ1n) is 6.63. The highest BCUT2D eigenvalue weighted by Gasteiger charge is 2.21. The monoisotopic (exact) mass is 295 g/mol. The predicted octanol–water partition coefficient (Wildman–Crippen LogP) is 2.80. The highest BCUT2D eigenvalue weighted by Crippen LogP contribution is 2.19. The summed E-state index contributed by atoms with van der Waals surface area (Å²) >= 11 is 0. The number of ether oxygens (including phenoxy) is 1. The second kappa shape index (κ2) is 6.97. The molecular formula is C15H15F2NO3. The lowest BCUT2D eigenvalue weighted by molar-refractivity contribution is -0.151. The summed E-state index contributed by atoms with van der Waals surface area (Å²) in [5.74, 6) is -3.28. The molecule has 112 valence electrons. The van der Waals surface area contributed by atoms with Crippen LogP contribution in [0.3, 0.4) is 0 Å². The van der Waals surface area contributed by atoms with E-state index in [4.69, 9.17) is 4.74 Å². The van der Waals surface area contributed by atoms with Crippen molar-refractivity contribution in [3.63, 3.8) is 0 Å². The molecule has 0 saturated heterocycles. The molecule has 4 nitrogen and oxygen atoms in total. The van der Waals surface area contributed by atoms with Crippen molar-refractivity contribution < 1.29 is 23.1 Å². The van der Waals surface area contributed by atoms with E-state index in [1.54, 1.807) is 0 Å². The first-order valence-corrected chi connectivity index (χ1v) is 6.63. The number of allylic oxidation sites excluding steroid dienone is 2. The van der Waals surface area contributed by atoms with Gasteiger partial charge in [-0.3, -0.25) is 9.59 Å². The molecule has 0 heterocycles. The van der Waals surface area contributed by atoms with E-state index in [-0.39, 0.29) is 11.6 Å². The molecule has 0 radical (unpaired) electrons. The smallest absolute Gasteiger partial charge is 0.309 e. The molecule has 0 aromatic heterocycles. The normalized spacial score (nSPS) is 17.3. The molecule has 0 spiro atoms. The van der Waals surface area contributed by atoms with Crippen molar-refractivity contribution in [2.75, 3.05) is 11.9 Å². The Kier molecular flexibility index (Phi) is 5.03. The molecule has 0 fully saturated rings. The van der Waals surface area contributed by atoms with Crippen LogP contribution in [-0.2, 0) is 14.3 Å². The minimum absolute atomic E-state index is 0.107. The van der Waals surface area contributed by atoms with E-state index in [9.17, 15) is 18.4 Å². The summed E-state index contributed by atoms with van der Waals surface area (Å²) < 4.78 is 30.6. The Morgan fingerprint density at radius 2 is 2.05 bits per heavy atom. The molecule has 0 aliphatic heterocycles. The van der Waals surface area contributed by atoms with Crippen molar-refractivity contribution in [3.8, 4) is 0 Å². The van der Waals surface area contributed by atoms with Crippen molar-refractivity contribution >= 4 is 17.6 Å². The Bertz CT molecular complexity index is 572. The zero-order chi connectivity index (χ0) is 15.2. The number of hydrogen-bond acceptors (Lipinski definition) is 3. The molecule has 0 unspecified atom stereocenters. The van der Waals surface area contributed by atoms with E-state index >= 15 is 0 Å². The molecule has 1 aromatic carbocycles. The van der Waals surface area contributed by atoms with E-state index in [2.05, 4.69) is 5.32 Å². The van der Waals surface area contributed by atoms with Gasteiger partial charge in [0.1, 0.15) is 0 Å². The third kappa shape index (κ3) is 4.37. The van der Waals surface area contributed by atoms with Crippen molar-refractivity contribution in [2.24, 2.45) is 5.92 Å². The Hall–Kier alpha value is -2.24. The average Bonchev–Trinajstić information content (AvgIpc) is 2.49. The lowest BCUT2D eigenvalue weighted by atomic mass is 9.95. The van der Waals surface area contributed by atoms with Gasteiger partial charge in [-0.2, -0.15) is 0 Å². The fraction of sp³-hybridized carbons (Fsp3) is 0.333. The van der Waals surface area contributed by atoms with Gasteiger partial charge in [0.05, 0.1) is 5.92 Å². The second-order valence-corrected chi connectivity index (χ2v) is 4.77. The lowest BCUT2D eigenvalue weighted by Gasteiger charge is -2.16. The van der Waals surface area contributed by atoms with Crippen LogP contribution in [0.4, 0.5) is 14.5 Å². The van der Waals surface area contributed by atoms with E-state index < -0.39 is 30.1 Å². The summed E-state index contributed by atoms with van der Waals surface area (Å²) in [7, 11) is 0. The van der Waals surface area contributed by atoms with Crippen LogP contribution in [0.5, 0.6) is 0 Å². The van der Waals surface area contributed by atoms with Crippen LogP contribution >= 0.6 is 0 Å². The van der Waals surface area contributed by atoms with Crippen molar-refractivity contribution in [2.45, 2.75) is 19.3 Å². The number of hydrogen-bond donors (Lipinski definition) is 1. The summed E-state index contributed by atoms with van der Waals surface area (Å²) in [6.07, 6.45) is 6.06. The molecule has 1 atom stereocenters. The maximum absolute atomic E-state index is 13.0. The van der Waals surface area contributed by atoms with Gasteiger partial charge in [-0.25, -0.2) is 8.78 Å². The zero-order valence-corrected chi connectivity index (χ0v) is 11.3. The first kappa shape index (κ1) is 15.2. The number of nitrogens with one attached hydrogen (secondary N) is 1. The van der Waals surface area contributed by atoms with E-state index in [0.717, 1.165) is 18.6 Å². The van der Waals surface area contributed by atoms with Crippen LogP contribution in [0.2, 0.25) is 0 Å². The molecule has 6 heteroatoms. The van der Waals surface area contributed by atoms with E-state index in [0.29, 0.717) is 12.8 Å². The number of halogens is 2. The SMILES string of the molecule is O=C(COC(=O)[C@@H]1CC=CCC1)Nc1ccc(F)c(F)c1. The summed E-state index contributed by atoms with van der Waals surface area (Å²) in [6.45, 7) is -0.446. The number of anilines is 1. The van der Waals surface area contributed by atoms with Crippen LogP contribution < -0.4 is 5.32 Å². The number of amides is 1. The fourth-order valence-corrected chi connectivity index (χ4v) is 2.03. The van der Waals surface area contributed by atoms with Gasteiger partial charge in [0.15, 0.2) is 18.2 Å². The van der Waals surface area contributed by atoms with Gasteiger partial charge in [0.25, 0.3) is 5.91 Å². The van der Waals surface area contributed by atoms with Gasteiger partial charge < -0.3 is 10.1 Å². The summed E-state index contributed by atoms with van der Waals surface area (Å²) in [5.41, 5.74) is 0.107. The molecule has 1 aliphatic carbocycles. The number of esters is 1. The lowest BCUT2D eigenvalue weighted by Crippen LogP contribution is -2.25. The van der Waals surface area contributed by atoms with Gasteiger partial charge >= 0.3 is 5.97 Å². The van der Waals surface area contributed by atoms with Gasteiger partial charge in [-0.05, 0) is 31.4 Å². The maximum atomic E-state index is 13.0. The molecular weight excluding hydrogens is 280 g/mol. The summed E-state index contributed by atoms with van der Waals surface area (Å²) in [5, 5.41) is 2.33. The minimum Gasteiger partial charge on any atom is -0.455 e. The van der Waals surface area contributed by atoms with Gasteiger partial charge in [0, 0.05) is 11.8 Å². The van der Waals surface area contributed by atoms with Gasteiger partial charge in [0.2, 0.25) is 0 Å². The van der Waals surface area contributed by atoms with E-state index in [1.807, 2.05) is 12.2 Å². The maximum Gasteiger partial charge on any atom is 0.309 e. The molecule has 0 bridgehead atoms. The number of rotatable bonds is 4. The number of carbonyl (C=O) groups is 2.